The van der Waals surface area contributed by atoms with Crippen molar-refractivity contribution in [1.82, 2.24) is 10.2 Å². The molecule has 0 spiro atoms. The number of carbonyl (C=O) groups excluding carboxylic acids is 1. The second-order valence-electron chi connectivity index (χ2n) is 4.73. The highest BCUT2D eigenvalue weighted by molar-refractivity contribution is 5.73. The molecule has 1 aromatic rings. The normalized spacial score (nSPS) is 10.2. The average molecular weight is 280 g/mol. The molecular formula is C15H24N2O3. The van der Waals surface area contributed by atoms with Crippen molar-refractivity contribution >= 4 is 6.03 Å². The van der Waals surface area contributed by atoms with Crippen LogP contribution in [0.25, 0.3) is 0 Å². The molecule has 0 saturated carbocycles. The van der Waals surface area contributed by atoms with Gasteiger partial charge >= 0.3 is 6.03 Å². The van der Waals surface area contributed by atoms with Crippen LogP contribution >= 0.6 is 0 Å². The minimum absolute atomic E-state index is 0.0434. The van der Waals surface area contributed by atoms with E-state index in [9.17, 15) is 4.79 Å². The summed E-state index contributed by atoms with van der Waals surface area (Å²) in [6.07, 6.45) is 0. The van der Waals surface area contributed by atoms with Crippen LogP contribution in [0.3, 0.4) is 0 Å². The molecule has 0 aliphatic carbocycles. The summed E-state index contributed by atoms with van der Waals surface area (Å²) in [5.74, 6) is 0.815. The molecule has 112 valence electrons. The summed E-state index contributed by atoms with van der Waals surface area (Å²) in [6, 6.07) is 3.82. The van der Waals surface area contributed by atoms with Crippen LogP contribution in [0.1, 0.15) is 23.6 Å². The Morgan fingerprint density at radius 2 is 1.95 bits per heavy atom. The van der Waals surface area contributed by atoms with E-state index in [1.54, 1.807) is 0 Å². The third-order valence-electron chi connectivity index (χ3n) is 3.35. The fourth-order valence-electron chi connectivity index (χ4n) is 1.95. The molecule has 1 aromatic carbocycles. The second-order valence-corrected chi connectivity index (χ2v) is 4.73. The molecule has 0 saturated heterocycles. The summed E-state index contributed by atoms with van der Waals surface area (Å²) in [5.41, 5.74) is 3.29. The number of rotatable bonds is 6. The average Bonchev–Trinajstić information content (AvgIpc) is 2.44. The Hall–Kier alpha value is -1.75. The van der Waals surface area contributed by atoms with Crippen molar-refractivity contribution in [2.45, 2.75) is 27.7 Å². The first-order chi connectivity index (χ1) is 9.51. The topological polar surface area (TPSA) is 61.8 Å². The largest absolute Gasteiger partial charge is 0.473 e. The van der Waals surface area contributed by atoms with Crippen molar-refractivity contribution in [2.75, 3.05) is 26.4 Å². The molecule has 20 heavy (non-hydrogen) atoms. The van der Waals surface area contributed by atoms with E-state index in [2.05, 4.69) is 11.4 Å². The van der Waals surface area contributed by atoms with Crippen LogP contribution < -0.4 is 10.1 Å². The zero-order valence-electron chi connectivity index (χ0n) is 12.7. The van der Waals surface area contributed by atoms with E-state index < -0.39 is 0 Å². The number of urea groups is 1. The van der Waals surface area contributed by atoms with Gasteiger partial charge in [-0.15, -0.1) is 0 Å². The molecule has 0 bridgehead atoms. The highest BCUT2D eigenvalue weighted by Gasteiger charge is 2.11. The van der Waals surface area contributed by atoms with Gasteiger partial charge in [-0.25, -0.2) is 4.79 Å². The molecule has 0 unspecified atom stereocenters. The number of hydrogen-bond donors (Lipinski definition) is 2. The van der Waals surface area contributed by atoms with Crippen LogP contribution in [-0.4, -0.2) is 42.5 Å². The highest BCUT2D eigenvalue weighted by Crippen LogP contribution is 2.25. The van der Waals surface area contributed by atoms with Gasteiger partial charge in [0.05, 0.1) is 6.61 Å². The van der Waals surface area contributed by atoms with E-state index in [1.807, 2.05) is 33.8 Å². The quantitative estimate of drug-likeness (QED) is 0.783. The number of aliphatic hydroxyl groups excluding tert-OH is 1. The van der Waals surface area contributed by atoms with Crippen LogP contribution in [-0.2, 0) is 0 Å². The number of nitrogens with one attached hydrogen (secondary N) is 1. The predicted octanol–water partition coefficient (Wildman–Crippen LogP) is 1.97. The lowest BCUT2D eigenvalue weighted by molar-refractivity contribution is 0.170. The van der Waals surface area contributed by atoms with Crippen molar-refractivity contribution in [3.8, 4) is 5.75 Å². The van der Waals surface area contributed by atoms with E-state index in [-0.39, 0.29) is 19.4 Å². The summed E-state index contributed by atoms with van der Waals surface area (Å²) >= 11 is 0. The van der Waals surface area contributed by atoms with Crippen molar-refractivity contribution < 1.29 is 14.6 Å². The Bertz CT molecular complexity index is 461. The first-order valence-corrected chi connectivity index (χ1v) is 6.84. The molecule has 0 fully saturated rings. The summed E-state index contributed by atoms with van der Waals surface area (Å²) in [6.45, 7) is 8.83. The monoisotopic (exact) mass is 280 g/mol. The van der Waals surface area contributed by atoms with Crippen LogP contribution in [0.15, 0.2) is 12.1 Å². The molecule has 0 atom stereocenters. The summed E-state index contributed by atoms with van der Waals surface area (Å²) < 4.78 is 5.67. The molecule has 5 heteroatoms. The molecule has 1 rings (SSSR count). The SMILES string of the molecule is CCN(CCO)C(=O)NCOc1c(C)ccc(C)c1C. The van der Waals surface area contributed by atoms with Gasteiger partial charge in [0, 0.05) is 13.1 Å². The molecule has 0 aliphatic heterocycles. The predicted molar refractivity (Wildman–Crippen MR) is 79.0 cm³/mol. The fraction of sp³-hybridized carbons (Fsp3) is 0.533. The molecular weight excluding hydrogens is 256 g/mol. The molecule has 2 N–H and O–H groups in total. The lowest BCUT2D eigenvalue weighted by Gasteiger charge is -2.21. The third-order valence-corrected chi connectivity index (χ3v) is 3.35. The second kappa shape index (κ2) is 7.75. The number of likely N-dealkylation sites (N-methyl/N-ethyl adjacent to an activating group) is 1. The van der Waals surface area contributed by atoms with Crippen molar-refractivity contribution in [2.24, 2.45) is 0 Å². The van der Waals surface area contributed by atoms with Crippen LogP contribution in [0.5, 0.6) is 5.75 Å². The molecule has 5 nitrogen and oxygen atoms in total. The van der Waals surface area contributed by atoms with Crippen molar-refractivity contribution in [1.29, 1.82) is 0 Å². The zero-order valence-corrected chi connectivity index (χ0v) is 12.7. The number of ether oxygens (including phenoxy) is 1. The van der Waals surface area contributed by atoms with E-state index in [0.717, 1.165) is 22.4 Å². The van der Waals surface area contributed by atoms with Crippen LogP contribution in [0.4, 0.5) is 4.79 Å². The zero-order chi connectivity index (χ0) is 15.1. The Balaban J connectivity index is 2.57. The van der Waals surface area contributed by atoms with E-state index in [1.165, 1.54) is 4.90 Å². The van der Waals surface area contributed by atoms with Gasteiger partial charge in [-0.1, -0.05) is 12.1 Å². The maximum absolute atomic E-state index is 11.8. The summed E-state index contributed by atoms with van der Waals surface area (Å²) in [7, 11) is 0. The van der Waals surface area contributed by atoms with Gasteiger partial charge in [0.15, 0.2) is 6.73 Å². The van der Waals surface area contributed by atoms with Crippen molar-refractivity contribution in [3.05, 3.63) is 28.8 Å². The standard InChI is InChI=1S/C15H24N2O3/c1-5-17(8-9-18)15(19)16-10-20-14-12(3)7-6-11(2)13(14)4/h6-7,18H,5,8-10H2,1-4H3,(H,16,19). The number of nitrogens with zero attached hydrogens (tertiary/aromatic N) is 1. The molecule has 0 radical (unpaired) electrons. The van der Waals surface area contributed by atoms with Gasteiger partial charge in [0.1, 0.15) is 5.75 Å². The minimum Gasteiger partial charge on any atom is -0.473 e. The number of benzene rings is 1. The first kappa shape index (κ1) is 16.3. The summed E-state index contributed by atoms with van der Waals surface area (Å²) in [4.78, 5) is 13.3. The number of hydrogen-bond acceptors (Lipinski definition) is 3. The molecule has 2 amide bonds. The van der Waals surface area contributed by atoms with Gasteiger partial charge in [-0.2, -0.15) is 0 Å². The summed E-state index contributed by atoms with van der Waals surface area (Å²) in [5, 5.41) is 11.6. The van der Waals surface area contributed by atoms with Crippen molar-refractivity contribution in [3.63, 3.8) is 0 Å². The smallest absolute Gasteiger partial charge is 0.320 e. The lowest BCUT2D eigenvalue weighted by atomic mass is 10.1. The maximum Gasteiger partial charge on any atom is 0.320 e. The van der Waals surface area contributed by atoms with Gasteiger partial charge in [0.25, 0.3) is 0 Å². The number of carbonyl (C=O) groups is 1. The van der Waals surface area contributed by atoms with Gasteiger partial charge < -0.3 is 20.1 Å². The lowest BCUT2D eigenvalue weighted by Crippen LogP contribution is -2.42. The number of amides is 2. The number of aliphatic hydroxyl groups is 1. The van der Waals surface area contributed by atoms with Gasteiger partial charge in [-0.05, 0) is 44.4 Å². The van der Waals surface area contributed by atoms with E-state index in [4.69, 9.17) is 9.84 Å². The maximum atomic E-state index is 11.8. The fourth-order valence-corrected chi connectivity index (χ4v) is 1.95. The number of aryl methyl sites for hydroxylation is 2. The Kier molecular flexibility index (Phi) is 6.31. The Labute approximate surface area is 120 Å². The van der Waals surface area contributed by atoms with Gasteiger partial charge in [0.2, 0.25) is 0 Å². The highest BCUT2D eigenvalue weighted by atomic mass is 16.5. The van der Waals surface area contributed by atoms with Crippen LogP contribution in [0.2, 0.25) is 0 Å². The Morgan fingerprint density at radius 1 is 1.30 bits per heavy atom. The molecule has 0 aliphatic rings. The molecule has 0 heterocycles. The third kappa shape index (κ3) is 4.13. The minimum atomic E-state index is -0.232. The van der Waals surface area contributed by atoms with E-state index >= 15 is 0 Å². The Morgan fingerprint density at radius 3 is 2.55 bits per heavy atom. The first-order valence-electron chi connectivity index (χ1n) is 6.84. The van der Waals surface area contributed by atoms with E-state index in [0.29, 0.717) is 13.1 Å². The molecule has 0 aromatic heterocycles. The van der Waals surface area contributed by atoms with Gasteiger partial charge in [-0.3, -0.25) is 0 Å². The van der Waals surface area contributed by atoms with Crippen LogP contribution in [0, 0.1) is 20.8 Å².